The number of nitrogens with zero attached hydrogens (tertiary/aromatic N) is 2. The van der Waals surface area contributed by atoms with Gasteiger partial charge in [-0.1, -0.05) is 12.1 Å². The van der Waals surface area contributed by atoms with Crippen LogP contribution in [0.25, 0.3) is 0 Å². The van der Waals surface area contributed by atoms with E-state index in [9.17, 15) is 9.59 Å². The molecule has 6 heteroatoms. The molecule has 0 radical (unpaired) electrons. The summed E-state index contributed by atoms with van der Waals surface area (Å²) in [4.78, 5) is 31.2. The maximum Gasteiger partial charge on any atom is 0.254 e. The van der Waals surface area contributed by atoms with Gasteiger partial charge in [0.05, 0.1) is 0 Å². The van der Waals surface area contributed by atoms with Crippen molar-refractivity contribution < 1.29 is 9.59 Å². The summed E-state index contributed by atoms with van der Waals surface area (Å²) in [5, 5.41) is 2.86. The summed E-state index contributed by atoms with van der Waals surface area (Å²) in [6.45, 7) is 4.98. The summed E-state index contributed by atoms with van der Waals surface area (Å²) < 4.78 is 0. The highest BCUT2D eigenvalue weighted by molar-refractivity contribution is 5.97. The van der Waals surface area contributed by atoms with Crippen LogP contribution in [0.4, 0.5) is 11.5 Å². The highest BCUT2D eigenvalue weighted by Crippen LogP contribution is 2.22. The molecule has 1 aromatic heterocycles. The van der Waals surface area contributed by atoms with Crippen molar-refractivity contribution in [1.29, 1.82) is 0 Å². The van der Waals surface area contributed by atoms with Crippen LogP contribution in [-0.4, -0.2) is 34.8 Å². The van der Waals surface area contributed by atoms with Crippen molar-refractivity contribution in [2.45, 2.75) is 26.7 Å². The molecule has 26 heavy (non-hydrogen) atoms. The van der Waals surface area contributed by atoms with E-state index in [1.54, 1.807) is 29.3 Å². The van der Waals surface area contributed by atoms with Gasteiger partial charge in [-0.2, -0.15) is 0 Å². The first-order valence-electron chi connectivity index (χ1n) is 8.83. The Balaban J connectivity index is 1.58. The number of benzene rings is 1. The fraction of sp³-hybridized carbons (Fsp3) is 0.350. The first kappa shape index (κ1) is 17.9. The lowest BCUT2D eigenvalue weighted by Crippen LogP contribution is -2.41. The predicted molar refractivity (Wildman–Crippen MR) is 102 cm³/mol. The number of likely N-dealkylation sites (tertiary alicyclic amines) is 1. The van der Waals surface area contributed by atoms with Gasteiger partial charge in [-0.05, 0) is 56.0 Å². The van der Waals surface area contributed by atoms with E-state index in [1.165, 1.54) is 0 Å². The molecule has 1 saturated heterocycles. The number of nitrogen functional groups attached to an aromatic ring is 1. The van der Waals surface area contributed by atoms with Crippen LogP contribution in [-0.2, 0) is 4.79 Å². The molecular formula is C20H24N4O2. The number of hydrogen-bond acceptors (Lipinski definition) is 4. The summed E-state index contributed by atoms with van der Waals surface area (Å²) >= 11 is 0. The maximum atomic E-state index is 12.7. The third-order valence-electron chi connectivity index (χ3n) is 4.81. The average Bonchev–Trinajstić information content (AvgIpc) is 2.65. The molecule has 1 fully saturated rings. The average molecular weight is 352 g/mol. The third kappa shape index (κ3) is 4.02. The number of carbonyl (C=O) groups excluding carboxylic acids is 2. The number of anilines is 2. The smallest absolute Gasteiger partial charge is 0.254 e. The number of nitrogens with one attached hydrogen (secondary N) is 1. The highest BCUT2D eigenvalue weighted by Gasteiger charge is 2.28. The van der Waals surface area contributed by atoms with Gasteiger partial charge in [0.1, 0.15) is 5.82 Å². The highest BCUT2D eigenvalue weighted by atomic mass is 16.2. The molecule has 0 bridgehead atoms. The lowest BCUT2D eigenvalue weighted by atomic mass is 9.95. The van der Waals surface area contributed by atoms with E-state index in [0.29, 0.717) is 43.0 Å². The molecule has 0 aliphatic carbocycles. The molecule has 0 unspecified atom stereocenters. The van der Waals surface area contributed by atoms with Crippen molar-refractivity contribution in [2.24, 2.45) is 5.92 Å². The lowest BCUT2D eigenvalue weighted by Gasteiger charge is -2.31. The largest absolute Gasteiger partial charge is 0.399 e. The number of pyridine rings is 1. The van der Waals surface area contributed by atoms with E-state index >= 15 is 0 Å². The molecule has 2 aromatic rings. The van der Waals surface area contributed by atoms with Crippen molar-refractivity contribution in [3.05, 3.63) is 53.2 Å². The number of aryl methyl sites for hydroxylation is 2. The minimum Gasteiger partial charge on any atom is -0.399 e. The van der Waals surface area contributed by atoms with Crippen molar-refractivity contribution in [1.82, 2.24) is 9.88 Å². The first-order chi connectivity index (χ1) is 12.4. The molecule has 1 aliphatic heterocycles. The summed E-state index contributed by atoms with van der Waals surface area (Å²) in [6, 6.07) is 9.09. The number of carbonyl (C=O) groups is 2. The van der Waals surface area contributed by atoms with Gasteiger partial charge < -0.3 is 16.0 Å². The fourth-order valence-corrected chi connectivity index (χ4v) is 3.16. The standard InChI is InChI=1S/C20H24N4O2/c1-13-3-6-18(22-12-13)23-19(25)15-7-9-24(10-8-15)20(26)17-11-16(21)5-4-14(17)2/h3-6,11-12,15H,7-10,21H2,1-2H3,(H,22,23,25). The Morgan fingerprint density at radius 2 is 1.88 bits per heavy atom. The SMILES string of the molecule is Cc1ccc(NC(=O)C2CCN(C(=O)c3cc(N)ccc3C)CC2)nc1. The number of piperidine rings is 1. The number of amides is 2. The molecule has 0 saturated carbocycles. The van der Waals surface area contributed by atoms with Gasteiger partial charge >= 0.3 is 0 Å². The third-order valence-corrected chi connectivity index (χ3v) is 4.81. The molecule has 2 heterocycles. The van der Waals surface area contributed by atoms with Crippen molar-refractivity contribution in [2.75, 3.05) is 24.1 Å². The minimum atomic E-state index is -0.107. The Bertz CT molecular complexity index is 809. The van der Waals surface area contributed by atoms with E-state index in [1.807, 2.05) is 26.0 Å². The number of aromatic nitrogens is 1. The van der Waals surface area contributed by atoms with Gasteiger partial charge in [-0.15, -0.1) is 0 Å². The zero-order chi connectivity index (χ0) is 18.7. The van der Waals surface area contributed by atoms with Crippen LogP contribution >= 0.6 is 0 Å². The van der Waals surface area contributed by atoms with Gasteiger partial charge in [0.15, 0.2) is 0 Å². The van der Waals surface area contributed by atoms with Crippen molar-refractivity contribution >= 4 is 23.3 Å². The van der Waals surface area contributed by atoms with Crippen molar-refractivity contribution in [3.8, 4) is 0 Å². The van der Waals surface area contributed by atoms with Crippen LogP contribution in [0.5, 0.6) is 0 Å². The van der Waals surface area contributed by atoms with Gasteiger partial charge in [0, 0.05) is 36.5 Å². The second-order valence-corrected chi connectivity index (χ2v) is 6.85. The van der Waals surface area contributed by atoms with E-state index < -0.39 is 0 Å². The van der Waals surface area contributed by atoms with Gasteiger partial charge in [-0.25, -0.2) is 4.98 Å². The van der Waals surface area contributed by atoms with Gasteiger partial charge in [0.2, 0.25) is 5.91 Å². The van der Waals surface area contributed by atoms with Gasteiger partial charge in [0.25, 0.3) is 5.91 Å². The molecule has 136 valence electrons. The van der Waals surface area contributed by atoms with Crippen LogP contribution in [0, 0.1) is 19.8 Å². The van der Waals surface area contributed by atoms with E-state index in [4.69, 9.17) is 5.73 Å². The number of hydrogen-bond donors (Lipinski definition) is 2. The second-order valence-electron chi connectivity index (χ2n) is 6.85. The maximum absolute atomic E-state index is 12.7. The first-order valence-corrected chi connectivity index (χ1v) is 8.83. The molecule has 1 aromatic carbocycles. The predicted octanol–water partition coefficient (Wildman–Crippen LogP) is 2.77. The molecular weight excluding hydrogens is 328 g/mol. The Hall–Kier alpha value is -2.89. The quantitative estimate of drug-likeness (QED) is 0.832. The molecule has 3 N–H and O–H groups in total. The Morgan fingerprint density at radius 3 is 2.54 bits per heavy atom. The molecule has 0 spiro atoms. The van der Waals surface area contributed by atoms with Crippen LogP contribution in [0.2, 0.25) is 0 Å². The molecule has 6 nitrogen and oxygen atoms in total. The van der Waals surface area contributed by atoms with E-state index in [0.717, 1.165) is 11.1 Å². The monoisotopic (exact) mass is 352 g/mol. The zero-order valence-electron chi connectivity index (χ0n) is 15.2. The number of rotatable bonds is 3. The summed E-state index contributed by atoms with van der Waals surface area (Å²) in [7, 11) is 0. The zero-order valence-corrected chi connectivity index (χ0v) is 15.2. The topological polar surface area (TPSA) is 88.3 Å². The van der Waals surface area contributed by atoms with Crippen LogP contribution in [0.3, 0.4) is 0 Å². The minimum absolute atomic E-state index is 0.0196. The summed E-state index contributed by atoms with van der Waals surface area (Å²) in [5.41, 5.74) is 8.99. The molecule has 0 atom stereocenters. The number of nitrogens with two attached hydrogens (primary N) is 1. The molecule has 1 aliphatic rings. The second kappa shape index (κ2) is 7.56. The van der Waals surface area contributed by atoms with E-state index in [2.05, 4.69) is 10.3 Å². The normalized spacial score (nSPS) is 14.9. The fourth-order valence-electron chi connectivity index (χ4n) is 3.16. The van der Waals surface area contributed by atoms with Crippen LogP contribution in [0.15, 0.2) is 36.5 Å². The Morgan fingerprint density at radius 1 is 1.15 bits per heavy atom. The van der Waals surface area contributed by atoms with Crippen LogP contribution in [0.1, 0.15) is 34.3 Å². The lowest BCUT2D eigenvalue weighted by molar-refractivity contribution is -0.121. The Kier molecular flexibility index (Phi) is 5.21. The van der Waals surface area contributed by atoms with E-state index in [-0.39, 0.29) is 17.7 Å². The van der Waals surface area contributed by atoms with Crippen LogP contribution < -0.4 is 11.1 Å². The molecule has 3 rings (SSSR count). The van der Waals surface area contributed by atoms with Gasteiger partial charge in [-0.3, -0.25) is 9.59 Å². The molecule has 2 amide bonds. The Labute approximate surface area is 153 Å². The van der Waals surface area contributed by atoms with Crippen molar-refractivity contribution in [3.63, 3.8) is 0 Å². The summed E-state index contributed by atoms with van der Waals surface area (Å²) in [6.07, 6.45) is 3.01. The summed E-state index contributed by atoms with van der Waals surface area (Å²) in [5.74, 6) is 0.404.